The zero-order valence-corrected chi connectivity index (χ0v) is 18.5. The van der Waals surface area contributed by atoms with Crippen molar-refractivity contribution < 1.29 is 4.42 Å². The molecule has 0 saturated carbocycles. The van der Waals surface area contributed by atoms with Gasteiger partial charge in [-0.25, -0.2) is 15.0 Å². The SMILES string of the molecule is Cc1ccnc(Nc2cccc(-c3cnc(-c4c(CCN5CCCC5)cc[nH]c4=O)o3)n2)c1. The summed E-state index contributed by atoms with van der Waals surface area (Å²) >= 11 is 0. The summed E-state index contributed by atoms with van der Waals surface area (Å²) in [4.78, 5) is 31.2. The second-order valence-electron chi connectivity index (χ2n) is 8.29. The van der Waals surface area contributed by atoms with Crippen molar-refractivity contribution in [2.45, 2.75) is 26.2 Å². The van der Waals surface area contributed by atoms with Gasteiger partial charge in [0.15, 0.2) is 5.76 Å². The van der Waals surface area contributed by atoms with Gasteiger partial charge < -0.3 is 19.6 Å². The van der Waals surface area contributed by atoms with Gasteiger partial charge in [0.2, 0.25) is 5.89 Å². The first-order valence-corrected chi connectivity index (χ1v) is 11.2. The van der Waals surface area contributed by atoms with Crippen molar-refractivity contribution in [3.8, 4) is 22.9 Å². The van der Waals surface area contributed by atoms with Crippen LogP contribution in [-0.2, 0) is 6.42 Å². The molecule has 4 aromatic rings. The van der Waals surface area contributed by atoms with Crippen molar-refractivity contribution in [2.24, 2.45) is 0 Å². The second-order valence-corrected chi connectivity index (χ2v) is 8.29. The fourth-order valence-corrected chi connectivity index (χ4v) is 4.13. The van der Waals surface area contributed by atoms with E-state index in [0.29, 0.717) is 28.7 Å². The molecule has 1 aliphatic rings. The maximum absolute atomic E-state index is 12.7. The minimum atomic E-state index is -0.198. The normalized spacial score (nSPS) is 14.0. The lowest BCUT2D eigenvalue weighted by atomic mass is 10.1. The van der Waals surface area contributed by atoms with E-state index in [1.54, 1.807) is 18.6 Å². The molecular formula is C25H26N6O2. The van der Waals surface area contributed by atoms with Gasteiger partial charge in [-0.2, -0.15) is 0 Å². The Morgan fingerprint density at radius 3 is 2.85 bits per heavy atom. The fraction of sp³-hybridized carbons (Fsp3) is 0.280. The maximum atomic E-state index is 12.7. The monoisotopic (exact) mass is 442 g/mol. The molecule has 33 heavy (non-hydrogen) atoms. The van der Waals surface area contributed by atoms with Gasteiger partial charge in [-0.3, -0.25) is 4.79 Å². The first-order valence-electron chi connectivity index (χ1n) is 11.2. The van der Waals surface area contributed by atoms with E-state index in [1.165, 1.54) is 12.8 Å². The van der Waals surface area contributed by atoms with Crippen molar-refractivity contribution in [1.82, 2.24) is 24.8 Å². The number of hydrogen-bond acceptors (Lipinski definition) is 7. The number of H-pyrrole nitrogens is 1. The molecule has 0 bridgehead atoms. The Morgan fingerprint density at radius 1 is 1.12 bits per heavy atom. The minimum absolute atomic E-state index is 0.198. The number of aromatic amines is 1. The van der Waals surface area contributed by atoms with Gasteiger partial charge >= 0.3 is 0 Å². The van der Waals surface area contributed by atoms with Crippen LogP contribution in [0.4, 0.5) is 11.6 Å². The third-order valence-corrected chi connectivity index (χ3v) is 5.84. The highest BCUT2D eigenvalue weighted by Gasteiger charge is 2.18. The van der Waals surface area contributed by atoms with Crippen LogP contribution in [0.3, 0.4) is 0 Å². The highest BCUT2D eigenvalue weighted by atomic mass is 16.4. The molecule has 0 aliphatic carbocycles. The molecule has 0 radical (unpaired) electrons. The Kier molecular flexibility index (Phi) is 5.99. The van der Waals surface area contributed by atoms with E-state index in [-0.39, 0.29) is 5.56 Å². The minimum Gasteiger partial charge on any atom is -0.434 e. The lowest BCUT2D eigenvalue weighted by Gasteiger charge is -2.15. The van der Waals surface area contributed by atoms with E-state index in [4.69, 9.17) is 4.42 Å². The van der Waals surface area contributed by atoms with Gasteiger partial charge in [0.05, 0.1) is 6.20 Å². The van der Waals surface area contributed by atoms with Gasteiger partial charge in [-0.05, 0) is 80.7 Å². The summed E-state index contributed by atoms with van der Waals surface area (Å²) in [6, 6.07) is 11.4. The van der Waals surface area contributed by atoms with E-state index < -0.39 is 0 Å². The number of nitrogens with one attached hydrogen (secondary N) is 2. The van der Waals surface area contributed by atoms with Crippen LogP contribution in [0.1, 0.15) is 24.0 Å². The first-order chi connectivity index (χ1) is 16.2. The molecule has 0 spiro atoms. The van der Waals surface area contributed by atoms with Gasteiger partial charge in [0, 0.05) is 18.9 Å². The van der Waals surface area contributed by atoms with Crippen molar-refractivity contribution in [2.75, 3.05) is 25.0 Å². The first kappa shape index (κ1) is 21.1. The summed E-state index contributed by atoms with van der Waals surface area (Å²) in [6.07, 6.45) is 8.31. The van der Waals surface area contributed by atoms with Crippen LogP contribution >= 0.6 is 0 Å². The third-order valence-electron chi connectivity index (χ3n) is 5.84. The number of aromatic nitrogens is 4. The lowest BCUT2D eigenvalue weighted by molar-refractivity contribution is 0.343. The number of likely N-dealkylation sites (tertiary alicyclic amines) is 1. The molecule has 1 aliphatic heterocycles. The van der Waals surface area contributed by atoms with Gasteiger partial charge in [-0.1, -0.05) is 6.07 Å². The Balaban J connectivity index is 1.39. The zero-order chi connectivity index (χ0) is 22.6. The Labute approximate surface area is 191 Å². The van der Waals surface area contributed by atoms with Crippen LogP contribution in [0.15, 0.2) is 64.2 Å². The quantitative estimate of drug-likeness (QED) is 0.443. The zero-order valence-electron chi connectivity index (χ0n) is 18.5. The average Bonchev–Trinajstić information content (AvgIpc) is 3.50. The number of rotatable bonds is 7. The Hall–Kier alpha value is -3.78. The molecule has 2 N–H and O–H groups in total. The molecule has 1 fully saturated rings. The van der Waals surface area contributed by atoms with E-state index >= 15 is 0 Å². The maximum Gasteiger partial charge on any atom is 0.260 e. The number of anilines is 2. The largest absolute Gasteiger partial charge is 0.434 e. The predicted octanol–water partition coefficient (Wildman–Crippen LogP) is 4.18. The van der Waals surface area contributed by atoms with Crippen LogP contribution in [0, 0.1) is 6.92 Å². The molecule has 5 heterocycles. The fourth-order valence-electron chi connectivity index (χ4n) is 4.13. The van der Waals surface area contributed by atoms with E-state index in [1.807, 2.05) is 43.3 Å². The summed E-state index contributed by atoms with van der Waals surface area (Å²) < 4.78 is 6.02. The van der Waals surface area contributed by atoms with Crippen molar-refractivity contribution >= 4 is 11.6 Å². The van der Waals surface area contributed by atoms with Crippen molar-refractivity contribution in [3.63, 3.8) is 0 Å². The van der Waals surface area contributed by atoms with Crippen LogP contribution in [0.25, 0.3) is 22.9 Å². The molecule has 1 saturated heterocycles. The Bertz CT molecular complexity index is 1310. The van der Waals surface area contributed by atoms with Crippen LogP contribution in [0.2, 0.25) is 0 Å². The molecule has 0 atom stereocenters. The van der Waals surface area contributed by atoms with Crippen molar-refractivity contribution in [1.29, 1.82) is 0 Å². The van der Waals surface area contributed by atoms with E-state index in [0.717, 1.165) is 43.0 Å². The molecule has 0 unspecified atom stereocenters. The molecule has 8 nitrogen and oxygen atoms in total. The molecule has 5 rings (SSSR count). The van der Waals surface area contributed by atoms with Crippen LogP contribution in [0.5, 0.6) is 0 Å². The number of oxazole rings is 1. The molecular weight excluding hydrogens is 416 g/mol. The average molecular weight is 443 g/mol. The standard InChI is InChI=1S/C25H26N6O2/c1-17-7-10-26-22(15-17)30-21-6-4-5-19(29-21)20-16-28-25(33-20)23-18(8-11-27-24(23)32)9-14-31-12-2-3-13-31/h4-8,10-11,15-16H,2-3,9,12-14H2,1H3,(H,27,32)(H,26,29,30). The van der Waals surface area contributed by atoms with Crippen LogP contribution in [-0.4, -0.2) is 44.5 Å². The predicted molar refractivity (Wildman–Crippen MR) is 127 cm³/mol. The van der Waals surface area contributed by atoms with E-state index in [2.05, 4.69) is 30.2 Å². The molecule has 8 heteroatoms. The smallest absolute Gasteiger partial charge is 0.260 e. The van der Waals surface area contributed by atoms with Gasteiger partial charge in [0.1, 0.15) is 22.9 Å². The molecule has 4 aromatic heterocycles. The number of hydrogen-bond donors (Lipinski definition) is 2. The topological polar surface area (TPSA) is 99.9 Å². The van der Waals surface area contributed by atoms with Gasteiger partial charge in [0.25, 0.3) is 5.56 Å². The lowest BCUT2D eigenvalue weighted by Crippen LogP contribution is -2.23. The third kappa shape index (κ3) is 4.85. The summed E-state index contributed by atoms with van der Waals surface area (Å²) in [5, 5.41) is 3.21. The van der Waals surface area contributed by atoms with Crippen LogP contribution < -0.4 is 10.9 Å². The molecule has 0 amide bonds. The summed E-state index contributed by atoms with van der Waals surface area (Å²) in [5.41, 5.74) is 2.96. The van der Waals surface area contributed by atoms with Gasteiger partial charge in [-0.15, -0.1) is 0 Å². The Morgan fingerprint density at radius 2 is 2.00 bits per heavy atom. The summed E-state index contributed by atoms with van der Waals surface area (Å²) in [7, 11) is 0. The molecule has 0 aromatic carbocycles. The second kappa shape index (κ2) is 9.38. The number of pyridine rings is 3. The van der Waals surface area contributed by atoms with E-state index in [9.17, 15) is 4.79 Å². The number of aryl methyl sites for hydroxylation is 1. The summed E-state index contributed by atoms with van der Waals surface area (Å²) in [5.74, 6) is 2.17. The highest BCUT2D eigenvalue weighted by molar-refractivity contribution is 5.63. The summed E-state index contributed by atoms with van der Waals surface area (Å²) in [6.45, 7) is 5.18. The van der Waals surface area contributed by atoms with Crippen molar-refractivity contribution in [3.05, 3.63) is 76.5 Å². The number of nitrogens with zero attached hydrogens (tertiary/aromatic N) is 4. The highest BCUT2D eigenvalue weighted by Crippen LogP contribution is 2.27. The molecule has 168 valence electrons.